The second-order valence-electron chi connectivity index (χ2n) is 5.37. The van der Waals surface area contributed by atoms with Gasteiger partial charge in [0.15, 0.2) is 0 Å². The van der Waals surface area contributed by atoms with Gasteiger partial charge in [-0.15, -0.1) is 0 Å². The number of hydrogen-bond donors (Lipinski definition) is 2. The molecule has 1 fully saturated rings. The lowest BCUT2D eigenvalue weighted by atomic mass is 10.1. The molecule has 0 aromatic heterocycles. The lowest BCUT2D eigenvalue weighted by Crippen LogP contribution is -2.54. The van der Waals surface area contributed by atoms with Crippen LogP contribution in [0.1, 0.15) is 22.8 Å². The van der Waals surface area contributed by atoms with Crippen LogP contribution < -0.4 is 10.6 Å². The van der Waals surface area contributed by atoms with Crippen molar-refractivity contribution in [3.05, 3.63) is 35.4 Å². The van der Waals surface area contributed by atoms with Crippen molar-refractivity contribution in [2.45, 2.75) is 19.1 Å². The van der Waals surface area contributed by atoms with E-state index in [1.165, 1.54) is 12.1 Å². The van der Waals surface area contributed by atoms with Crippen molar-refractivity contribution in [2.75, 3.05) is 26.2 Å². The largest absolute Gasteiger partial charge is 0.417 e. The molecule has 1 aliphatic heterocycles. The smallest absolute Gasteiger partial charge is 0.343 e. The zero-order chi connectivity index (χ0) is 17.0. The Morgan fingerprint density at radius 3 is 2.70 bits per heavy atom. The van der Waals surface area contributed by atoms with E-state index in [1.807, 2.05) is 6.92 Å². The van der Waals surface area contributed by atoms with Crippen LogP contribution in [-0.4, -0.2) is 48.9 Å². The minimum atomic E-state index is -4.62. The van der Waals surface area contributed by atoms with Crippen LogP contribution in [0.3, 0.4) is 0 Å². The number of nitrogens with zero attached hydrogens (tertiary/aromatic N) is 1. The van der Waals surface area contributed by atoms with Crippen LogP contribution in [0.15, 0.2) is 24.3 Å². The van der Waals surface area contributed by atoms with E-state index in [2.05, 4.69) is 10.6 Å². The van der Waals surface area contributed by atoms with Crippen molar-refractivity contribution >= 4 is 11.8 Å². The molecule has 0 aliphatic carbocycles. The maximum atomic E-state index is 12.9. The van der Waals surface area contributed by atoms with E-state index in [-0.39, 0.29) is 18.5 Å². The summed E-state index contributed by atoms with van der Waals surface area (Å²) < 4.78 is 38.7. The molecule has 1 saturated heterocycles. The molecule has 5 nitrogen and oxygen atoms in total. The third-order valence-corrected chi connectivity index (χ3v) is 3.70. The number of amides is 2. The van der Waals surface area contributed by atoms with Gasteiger partial charge in [0.2, 0.25) is 5.91 Å². The molecule has 23 heavy (non-hydrogen) atoms. The first-order valence-corrected chi connectivity index (χ1v) is 7.25. The molecular weight excluding hydrogens is 311 g/mol. The Balaban J connectivity index is 2.02. The number of nitrogens with one attached hydrogen (secondary N) is 2. The Morgan fingerprint density at radius 2 is 2.04 bits per heavy atom. The number of benzene rings is 1. The van der Waals surface area contributed by atoms with E-state index >= 15 is 0 Å². The molecule has 2 rings (SSSR count). The number of carbonyl (C=O) groups is 2. The maximum absolute atomic E-state index is 12.9. The summed E-state index contributed by atoms with van der Waals surface area (Å²) in [6.07, 6.45) is -4.62. The summed E-state index contributed by atoms with van der Waals surface area (Å²) in [6.45, 7) is 3.35. The minimum absolute atomic E-state index is 0.0180. The highest BCUT2D eigenvalue weighted by molar-refractivity contribution is 5.97. The number of rotatable bonds is 3. The first-order chi connectivity index (χ1) is 10.8. The average molecular weight is 329 g/mol. The fraction of sp³-hybridized carbons (Fsp3) is 0.467. The fourth-order valence-electron chi connectivity index (χ4n) is 2.49. The normalized spacial score (nSPS) is 18.6. The van der Waals surface area contributed by atoms with Crippen molar-refractivity contribution in [2.24, 2.45) is 0 Å². The second kappa shape index (κ2) is 6.99. The number of halogens is 3. The molecule has 1 aromatic carbocycles. The quantitative estimate of drug-likeness (QED) is 0.878. The molecule has 8 heteroatoms. The van der Waals surface area contributed by atoms with E-state index in [0.717, 1.165) is 12.1 Å². The Bertz CT molecular complexity index is 590. The first kappa shape index (κ1) is 17.3. The molecule has 0 spiro atoms. The lowest BCUT2D eigenvalue weighted by molar-refractivity contribution is -0.137. The van der Waals surface area contributed by atoms with E-state index in [4.69, 9.17) is 0 Å². The highest BCUT2D eigenvalue weighted by atomic mass is 19.4. The molecule has 2 N–H and O–H groups in total. The van der Waals surface area contributed by atoms with Crippen LogP contribution in [0.4, 0.5) is 13.2 Å². The highest BCUT2D eigenvalue weighted by Crippen LogP contribution is 2.31. The molecule has 1 aliphatic rings. The number of hydrogen-bond acceptors (Lipinski definition) is 3. The molecule has 0 bridgehead atoms. The number of piperazine rings is 1. The van der Waals surface area contributed by atoms with Gasteiger partial charge in [0.1, 0.15) is 0 Å². The van der Waals surface area contributed by atoms with Crippen molar-refractivity contribution in [3.63, 3.8) is 0 Å². The van der Waals surface area contributed by atoms with Gasteiger partial charge < -0.3 is 15.5 Å². The van der Waals surface area contributed by atoms with Crippen molar-refractivity contribution in [1.29, 1.82) is 0 Å². The molecule has 0 saturated carbocycles. The Labute approximate surface area is 131 Å². The summed E-state index contributed by atoms with van der Waals surface area (Å²) in [5, 5.41) is 5.41. The molecule has 0 radical (unpaired) electrons. The van der Waals surface area contributed by atoms with Gasteiger partial charge in [-0.2, -0.15) is 13.2 Å². The minimum Gasteiger partial charge on any atom is -0.343 e. The summed E-state index contributed by atoms with van der Waals surface area (Å²) in [5.41, 5.74) is -1.50. The van der Waals surface area contributed by atoms with Crippen LogP contribution in [-0.2, 0) is 11.0 Å². The molecule has 1 atom stereocenters. The Morgan fingerprint density at radius 1 is 1.35 bits per heavy atom. The van der Waals surface area contributed by atoms with Crippen LogP contribution in [0.25, 0.3) is 0 Å². The van der Waals surface area contributed by atoms with Gasteiger partial charge >= 0.3 is 6.18 Å². The van der Waals surface area contributed by atoms with Gasteiger partial charge in [-0.05, 0) is 19.1 Å². The van der Waals surface area contributed by atoms with Crippen LogP contribution in [0, 0.1) is 0 Å². The number of carbonyl (C=O) groups excluding carboxylic acids is 2. The molecule has 1 heterocycles. The predicted molar refractivity (Wildman–Crippen MR) is 77.8 cm³/mol. The van der Waals surface area contributed by atoms with Crippen molar-refractivity contribution in [3.8, 4) is 0 Å². The molecule has 126 valence electrons. The van der Waals surface area contributed by atoms with Crippen LogP contribution in [0.2, 0.25) is 0 Å². The highest BCUT2D eigenvalue weighted by Gasteiger charge is 2.35. The third-order valence-electron chi connectivity index (χ3n) is 3.70. The average Bonchev–Trinajstić information content (AvgIpc) is 2.52. The monoisotopic (exact) mass is 329 g/mol. The van der Waals surface area contributed by atoms with Gasteiger partial charge in [-0.1, -0.05) is 12.1 Å². The topological polar surface area (TPSA) is 61.4 Å². The van der Waals surface area contributed by atoms with Gasteiger partial charge in [-0.3, -0.25) is 9.59 Å². The number of alkyl halides is 3. The summed E-state index contributed by atoms with van der Waals surface area (Å²) in [6, 6.07) is 4.48. The standard InChI is InChI=1S/C15H18F3N3O2/c1-10-8-19-6-7-21(10)13(22)9-20-14(23)11-4-2-3-5-12(11)15(16,17)18/h2-5,10,19H,6-9H2,1H3,(H,20,23)/t10-/m1/s1. The van der Waals surface area contributed by atoms with Crippen LogP contribution in [0.5, 0.6) is 0 Å². The van der Waals surface area contributed by atoms with E-state index in [9.17, 15) is 22.8 Å². The van der Waals surface area contributed by atoms with Gasteiger partial charge in [0.25, 0.3) is 5.91 Å². The van der Waals surface area contributed by atoms with Gasteiger partial charge in [-0.25, -0.2) is 0 Å². The summed E-state index contributed by atoms with van der Waals surface area (Å²) >= 11 is 0. The van der Waals surface area contributed by atoms with Crippen molar-refractivity contribution in [1.82, 2.24) is 15.5 Å². The second-order valence-corrected chi connectivity index (χ2v) is 5.37. The van der Waals surface area contributed by atoms with E-state index in [1.54, 1.807) is 4.90 Å². The summed E-state index contributed by atoms with van der Waals surface area (Å²) in [4.78, 5) is 25.7. The lowest BCUT2D eigenvalue weighted by Gasteiger charge is -2.34. The zero-order valence-electron chi connectivity index (χ0n) is 12.6. The van der Waals surface area contributed by atoms with E-state index in [0.29, 0.717) is 19.6 Å². The summed E-state index contributed by atoms with van der Waals surface area (Å²) in [5.74, 6) is -1.22. The van der Waals surface area contributed by atoms with E-state index < -0.39 is 23.2 Å². The third kappa shape index (κ3) is 4.22. The molecular formula is C15H18F3N3O2. The first-order valence-electron chi connectivity index (χ1n) is 7.25. The fourth-order valence-corrected chi connectivity index (χ4v) is 2.49. The Kier molecular flexibility index (Phi) is 5.25. The summed E-state index contributed by atoms with van der Waals surface area (Å²) in [7, 11) is 0. The van der Waals surface area contributed by atoms with Crippen molar-refractivity contribution < 1.29 is 22.8 Å². The van der Waals surface area contributed by atoms with Gasteiger partial charge in [0, 0.05) is 25.7 Å². The molecule has 1 aromatic rings. The maximum Gasteiger partial charge on any atom is 0.417 e. The zero-order valence-corrected chi connectivity index (χ0v) is 12.6. The van der Waals surface area contributed by atoms with Crippen LogP contribution >= 0.6 is 0 Å². The molecule has 2 amide bonds. The SMILES string of the molecule is C[C@@H]1CNCCN1C(=O)CNC(=O)c1ccccc1C(F)(F)F. The molecule has 0 unspecified atom stereocenters. The van der Waals surface area contributed by atoms with Gasteiger partial charge in [0.05, 0.1) is 17.7 Å². The predicted octanol–water partition coefficient (Wildman–Crippen LogP) is 1.26. The Hall–Kier alpha value is -2.09.